The third-order valence-corrected chi connectivity index (χ3v) is 6.94. The van der Waals surface area contributed by atoms with Crippen molar-refractivity contribution >= 4 is 58.3 Å². The van der Waals surface area contributed by atoms with E-state index < -0.39 is 29.8 Å². The number of halogens is 3. The molecule has 3 rings (SSSR count). The minimum absolute atomic E-state index is 0.0632. The average Bonchev–Trinajstić information content (AvgIpc) is 3.44. The maximum atomic E-state index is 12.8. The molecule has 0 bridgehead atoms. The number of thiazole rings is 1. The van der Waals surface area contributed by atoms with Crippen LogP contribution >= 0.6 is 23.1 Å². The number of alkyl halides is 3. The van der Waals surface area contributed by atoms with Crippen LogP contribution < -0.4 is 30.7 Å². The van der Waals surface area contributed by atoms with E-state index in [-0.39, 0.29) is 28.2 Å². The minimum atomic E-state index is -4.65. The van der Waals surface area contributed by atoms with Gasteiger partial charge in [-0.25, -0.2) is 4.98 Å². The van der Waals surface area contributed by atoms with Gasteiger partial charge in [0.2, 0.25) is 5.91 Å². The van der Waals surface area contributed by atoms with E-state index in [1.54, 1.807) is 48.3 Å². The monoisotopic (exact) mass is 541 g/mol. The van der Waals surface area contributed by atoms with E-state index in [2.05, 4.69) is 15.6 Å². The molecule has 3 N–H and O–H groups in total. The van der Waals surface area contributed by atoms with Gasteiger partial charge < -0.3 is 16.0 Å². The summed E-state index contributed by atoms with van der Waals surface area (Å²) in [6.07, 6.45) is -3.33. The van der Waals surface area contributed by atoms with Crippen LogP contribution in [0.25, 0.3) is 11.8 Å². The summed E-state index contributed by atoms with van der Waals surface area (Å²) >= 11 is 2.54. The van der Waals surface area contributed by atoms with Crippen molar-refractivity contribution in [1.29, 1.82) is 5.26 Å². The number of carbonyl (C=O) groups excluding carboxylic acids is 2. The first kappa shape index (κ1) is 27.2. The standard InChI is InChI=1S/C21H22F3N7O3S2/c1-2-31-19(34)14(36-20(31)13(8-25)18(33)27-11-21(22,23)24)9-26-15-4-3-5-16(28-15)29-17(32)10-30-6-7-35-12-30/h3-5,9H,2,6-7,10-12H2,1H3,(H,27,33)(H2,26,28,29,32)/b14-9+,20-13-. The first-order valence-corrected chi connectivity index (χ1v) is 12.6. The molecule has 192 valence electrons. The molecule has 0 radical (unpaired) electrons. The maximum absolute atomic E-state index is 12.8. The number of pyridine rings is 1. The van der Waals surface area contributed by atoms with Crippen molar-refractivity contribution in [2.24, 2.45) is 0 Å². The molecule has 0 atom stereocenters. The Morgan fingerprint density at radius 2 is 2.06 bits per heavy atom. The fraction of sp³-hybridized carbons (Fsp3) is 0.381. The molecule has 0 saturated carbocycles. The molecule has 0 unspecified atom stereocenters. The first-order chi connectivity index (χ1) is 17.1. The summed E-state index contributed by atoms with van der Waals surface area (Å²) in [6, 6.07) is 6.46. The van der Waals surface area contributed by atoms with Crippen molar-refractivity contribution in [3.05, 3.63) is 37.7 Å². The molecular formula is C21H22F3N7O3S2. The van der Waals surface area contributed by atoms with Crippen molar-refractivity contribution in [1.82, 2.24) is 19.8 Å². The van der Waals surface area contributed by atoms with Crippen LogP contribution in [0.5, 0.6) is 0 Å². The fourth-order valence-corrected chi connectivity index (χ4v) is 5.22. The molecule has 1 aliphatic rings. The summed E-state index contributed by atoms with van der Waals surface area (Å²) < 4.78 is 38.5. The number of hydrogen-bond donors (Lipinski definition) is 3. The van der Waals surface area contributed by atoms with Crippen LogP contribution in [0.3, 0.4) is 0 Å². The zero-order valence-electron chi connectivity index (χ0n) is 19.0. The number of nitriles is 1. The molecule has 2 amide bonds. The van der Waals surface area contributed by atoms with Gasteiger partial charge in [-0.05, 0) is 19.1 Å². The van der Waals surface area contributed by atoms with E-state index >= 15 is 0 Å². The molecule has 10 nitrogen and oxygen atoms in total. The molecule has 1 aliphatic heterocycles. The van der Waals surface area contributed by atoms with Crippen LogP contribution in [0.4, 0.5) is 24.8 Å². The molecule has 36 heavy (non-hydrogen) atoms. The van der Waals surface area contributed by atoms with E-state index in [4.69, 9.17) is 0 Å². The number of hydrogen-bond acceptors (Lipinski definition) is 9. The van der Waals surface area contributed by atoms with Crippen molar-refractivity contribution in [3.8, 4) is 6.07 Å². The largest absolute Gasteiger partial charge is 0.405 e. The summed E-state index contributed by atoms with van der Waals surface area (Å²) in [5.41, 5.74) is -1.13. The summed E-state index contributed by atoms with van der Waals surface area (Å²) in [7, 11) is 0. The molecule has 1 fully saturated rings. The number of nitrogens with zero attached hydrogens (tertiary/aromatic N) is 4. The maximum Gasteiger partial charge on any atom is 0.405 e. The van der Waals surface area contributed by atoms with Gasteiger partial charge in [0.05, 0.1) is 6.54 Å². The van der Waals surface area contributed by atoms with Gasteiger partial charge in [-0.1, -0.05) is 6.07 Å². The molecule has 0 aromatic carbocycles. The highest BCUT2D eigenvalue weighted by atomic mass is 32.2. The molecule has 1 saturated heterocycles. The van der Waals surface area contributed by atoms with Gasteiger partial charge in [-0.3, -0.25) is 23.9 Å². The topological polar surface area (TPSA) is 132 Å². The van der Waals surface area contributed by atoms with Crippen LogP contribution in [0.1, 0.15) is 6.92 Å². The second kappa shape index (κ2) is 12.1. The summed E-state index contributed by atoms with van der Waals surface area (Å²) in [6.45, 7) is 1.18. The van der Waals surface area contributed by atoms with Crippen LogP contribution in [0.15, 0.2) is 23.0 Å². The number of aromatic nitrogens is 2. The molecule has 0 aliphatic carbocycles. The molecule has 0 spiro atoms. The number of carbonyl (C=O) groups is 2. The van der Waals surface area contributed by atoms with Gasteiger partial charge in [0.25, 0.3) is 11.5 Å². The second-order valence-corrected chi connectivity index (χ2v) is 9.55. The van der Waals surface area contributed by atoms with Gasteiger partial charge in [-0.2, -0.15) is 18.4 Å². The lowest BCUT2D eigenvalue weighted by atomic mass is 10.3. The van der Waals surface area contributed by atoms with Crippen molar-refractivity contribution < 1.29 is 22.8 Å². The third-order valence-electron chi connectivity index (χ3n) is 4.79. The Morgan fingerprint density at radius 3 is 2.69 bits per heavy atom. The van der Waals surface area contributed by atoms with Crippen molar-refractivity contribution in [3.63, 3.8) is 0 Å². The highest BCUT2D eigenvalue weighted by molar-refractivity contribution is 7.99. The fourth-order valence-electron chi connectivity index (χ4n) is 3.14. The summed E-state index contributed by atoms with van der Waals surface area (Å²) in [5.74, 6) is 0.971. The van der Waals surface area contributed by atoms with Gasteiger partial charge in [0.15, 0.2) is 5.57 Å². The summed E-state index contributed by atoms with van der Waals surface area (Å²) in [5, 5.41) is 16.6. The highest BCUT2D eigenvalue weighted by Crippen LogP contribution is 2.14. The van der Waals surface area contributed by atoms with E-state index in [0.29, 0.717) is 11.6 Å². The minimum Gasteiger partial charge on any atom is -0.345 e. The predicted octanol–water partition coefficient (Wildman–Crippen LogP) is 0.472. The molecule has 2 aromatic rings. The second-order valence-electron chi connectivity index (χ2n) is 7.44. The van der Waals surface area contributed by atoms with Gasteiger partial charge in [0.1, 0.15) is 33.4 Å². The van der Waals surface area contributed by atoms with Crippen LogP contribution in [0, 0.1) is 11.3 Å². The Kier molecular flexibility index (Phi) is 9.13. The first-order valence-electron chi connectivity index (χ1n) is 10.6. The van der Waals surface area contributed by atoms with E-state index in [1.807, 2.05) is 4.90 Å². The number of anilines is 2. The van der Waals surface area contributed by atoms with E-state index in [9.17, 15) is 32.8 Å². The van der Waals surface area contributed by atoms with E-state index in [1.165, 1.54) is 6.20 Å². The summed E-state index contributed by atoms with van der Waals surface area (Å²) in [4.78, 5) is 43.5. The average molecular weight is 542 g/mol. The number of nitrogens with one attached hydrogen (secondary N) is 3. The lowest BCUT2D eigenvalue weighted by Crippen LogP contribution is -2.37. The van der Waals surface area contributed by atoms with Gasteiger partial charge in [0, 0.05) is 30.9 Å². The Labute approximate surface area is 211 Å². The Hall–Kier alpha value is -3.35. The van der Waals surface area contributed by atoms with Gasteiger partial charge >= 0.3 is 6.18 Å². The zero-order chi connectivity index (χ0) is 26.3. The quantitative estimate of drug-likeness (QED) is 0.440. The SMILES string of the molecule is CCn1c(=O)/c(=C\Nc2cccc(NC(=O)CN3CCSC3)n2)s/c1=C(/C#N)C(=O)NCC(F)(F)F. The highest BCUT2D eigenvalue weighted by Gasteiger charge is 2.29. The lowest BCUT2D eigenvalue weighted by molar-refractivity contribution is -0.135. The number of rotatable bonds is 8. The van der Waals surface area contributed by atoms with Crippen LogP contribution in [-0.2, 0) is 16.1 Å². The third kappa shape index (κ3) is 7.33. The molecule has 15 heteroatoms. The Bertz CT molecular complexity index is 1340. The predicted molar refractivity (Wildman–Crippen MR) is 131 cm³/mol. The van der Waals surface area contributed by atoms with Crippen LogP contribution in [-0.4, -0.2) is 63.7 Å². The Balaban J connectivity index is 1.82. The Morgan fingerprint density at radius 1 is 1.31 bits per heavy atom. The number of thioether (sulfide) groups is 1. The molecular weight excluding hydrogens is 519 g/mol. The van der Waals surface area contributed by atoms with Crippen molar-refractivity contribution in [2.45, 2.75) is 19.6 Å². The lowest BCUT2D eigenvalue weighted by Gasteiger charge is -2.13. The van der Waals surface area contributed by atoms with Crippen LogP contribution in [0.2, 0.25) is 0 Å². The normalized spacial score (nSPS) is 15.4. The van der Waals surface area contributed by atoms with Crippen molar-refractivity contribution in [2.75, 3.05) is 41.9 Å². The van der Waals surface area contributed by atoms with E-state index in [0.717, 1.165) is 34.1 Å². The molecule has 3 heterocycles. The van der Waals surface area contributed by atoms with Gasteiger partial charge in [-0.15, -0.1) is 23.1 Å². The number of amides is 2. The zero-order valence-corrected chi connectivity index (χ0v) is 20.6. The molecule has 2 aromatic heterocycles. The smallest absolute Gasteiger partial charge is 0.345 e.